The molecule has 0 saturated carbocycles. The van der Waals surface area contributed by atoms with Gasteiger partial charge in [-0.15, -0.1) is 0 Å². The SMILES string of the molecule is Cc1ccc(N2C[C@H](C(=O)N3CCN(c4ccccc4)CC3)CC2=O)cc1C. The minimum absolute atomic E-state index is 0.0459. The normalized spacial score (nSPS) is 20.0. The lowest BCUT2D eigenvalue weighted by Crippen LogP contribution is -2.50. The largest absolute Gasteiger partial charge is 0.368 e. The second kappa shape index (κ2) is 7.66. The molecule has 2 aromatic rings. The van der Waals surface area contributed by atoms with Crippen LogP contribution < -0.4 is 9.80 Å². The second-order valence-corrected chi connectivity index (χ2v) is 7.82. The highest BCUT2D eigenvalue weighted by atomic mass is 16.2. The monoisotopic (exact) mass is 377 g/mol. The molecule has 0 bridgehead atoms. The molecule has 0 aromatic heterocycles. The molecule has 2 aliphatic heterocycles. The predicted octanol–water partition coefficient (Wildman–Crippen LogP) is 3.01. The first-order valence-corrected chi connectivity index (χ1v) is 9.99. The molecule has 2 fully saturated rings. The fraction of sp³-hybridized carbons (Fsp3) is 0.391. The van der Waals surface area contributed by atoms with Crippen LogP contribution in [-0.4, -0.2) is 49.4 Å². The Labute approximate surface area is 166 Å². The maximum Gasteiger partial charge on any atom is 0.228 e. The van der Waals surface area contributed by atoms with Gasteiger partial charge in [0.1, 0.15) is 0 Å². The van der Waals surface area contributed by atoms with Crippen LogP contribution in [0.2, 0.25) is 0 Å². The van der Waals surface area contributed by atoms with Crippen LogP contribution in [-0.2, 0) is 9.59 Å². The number of benzene rings is 2. The van der Waals surface area contributed by atoms with E-state index in [0.717, 1.165) is 24.3 Å². The minimum Gasteiger partial charge on any atom is -0.368 e. The number of amides is 2. The summed E-state index contributed by atoms with van der Waals surface area (Å²) in [6, 6.07) is 16.4. The summed E-state index contributed by atoms with van der Waals surface area (Å²) in [5, 5.41) is 0. The molecule has 2 aliphatic rings. The summed E-state index contributed by atoms with van der Waals surface area (Å²) in [6.45, 7) is 7.68. The van der Waals surface area contributed by atoms with Crippen LogP contribution in [0.25, 0.3) is 0 Å². The molecule has 0 aliphatic carbocycles. The average Bonchev–Trinajstić information content (AvgIpc) is 3.12. The first kappa shape index (κ1) is 18.5. The molecule has 1 atom stereocenters. The molecule has 0 unspecified atom stereocenters. The van der Waals surface area contributed by atoms with E-state index in [2.05, 4.69) is 24.0 Å². The number of hydrogen-bond acceptors (Lipinski definition) is 3. The summed E-state index contributed by atoms with van der Waals surface area (Å²) in [4.78, 5) is 31.6. The van der Waals surface area contributed by atoms with E-state index >= 15 is 0 Å². The van der Waals surface area contributed by atoms with Gasteiger partial charge in [-0.2, -0.15) is 0 Å². The standard InChI is InChI=1S/C23H27N3O2/c1-17-8-9-21(14-18(17)2)26-16-19(15-22(26)27)23(28)25-12-10-24(11-13-25)20-6-4-3-5-7-20/h3-9,14,19H,10-13,15-16H2,1-2H3/t19-/m1/s1. The van der Waals surface area contributed by atoms with Crippen LogP contribution in [0.15, 0.2) is 48.5 Å². The minimum atomic E-state index is -0.239. The molecule has 2 amide bonds. The van der Waals surface area contributed by atoms with Crippen molar-refractivity contribution in [3.63, 3.8) is 0 Å². The zero-order valence-electron chi connectivity index (χ0n) is 16.6. The average molecular weight is 377 g/mol. The Morgan fingerprint density at radius 3 is 2.29 bits per heavy atom. The van der Waals surface area contributed by atoms with Crippen molar-refractivity contribution in [3.8, 4) is 0 Å². The Bertz CT molecular complexity index is 873. The Morgan fingerprint density at radius 1 is 0.893 bits per heavy atom. The van der Waals surface area contributed by atoms with Gasteiger partial charge in [-0.25, -0.2) is 0 Å². The Hall–Kier alpha value is -2.82. The Balaban J connectivity index is 1.38. The van der Waals surface area contributed by atoms with Crippen molar-refractivity contribution < 1.29 is 9.59 Å². The van der Waals surface area contributed by atoms with Crippen molar-refractivity contribution in [3.05, 3.63) is 59.7 Å². The molecule has 2 saturated heterocycles. The Kier molecular flexibility index (Phi) is 5.07. The van der Waals surface area contributed by atoms with Gasteiger partial charge >= 0.3 is 0 Å². The first-order chi connectivity index (χ1) is 13.5. The van der Waals surface area contributed by atoms with E-state index in [0.29, 0.717) is 26.1 Å². The lowest BCUT2D eigenvalue weighted by atomic mass is 10.1. The van der Waals surface area contributed by atoms with Gasteiger partial charge in [0.15, 0.2) is 0 Å². The molecule has 2 heterocycles. The maximum atomic E-state index is 13.0. The lowest BCUT2D eigenvalue weighted by molar-refractivity contribution is -0.136. The fourth-order valence-electron chi connectivity index (χ4n) is 4.10. The molecule has 4 rings (SSSR count). The number of nitrogens with zero attached hydrogens (tertiary/aromatic N) is 3. The van der Waals surface area contributed by atoms with Crippen molar-refractivity contribution in [1.29, 1.82) is 0 Å². The molecule has 0 radical (unpaired) electrons. The van der Waals surface area contributed by atoms with E-state index in [1.165, 1.54) is 11.3 Å². The van der Waals surface area contributed by atoms with E-state index in [-0.39, 0.29) is 17.7 Å². The molecule has 2 aromatic carbocycles. The van der Waals surface area contributed by atoms with E-state index in [1.807, 2.05) is 48.2 Å². The van der Waals surface area contributed by atoms with Gasteiger partial charge in [-0.05, 0) is 49.2 Å². The summed E-state index contributed by atoms with van der Waals surface area (Å²) in [5.41, 5.74) is 4.47. The van der Waals surface area contributed by atoms with Gasteiger partial charge in [0.2, 0.25) is 11.8 Å². The van der Waals surface area contributed by atoms with E-state index in [4.69, 9.17) is 0 Å². The summed E-state index contributed by atoms with van der Waals surface area (Å²) in [5.74, 6) is -0.0747. The zero-order chi connectivity index (χ0) is 19.7. The third-order valence-corrected chi connectivity index (χ3v) is 5.99. The fourth-order valence-corrected chi connectivity index (χ4v) is 4.10. The van der Waals surface area contributed by atoms with Crippen molar-refractivity contribution in [2.75, 3.05) is 42.5 Å². The lowest BCUT2D eigenvalue weighted by Gasteiger charge is -2.37. The first-order valence-electron chi connectivity index (χ1n) is 9.99. The highest BCUT2D eigenvalue weighted by Gasteiger charge is 2.38. The third kappa shape index (κ3) is 3.61. The number of piperazine rings is 1. The van der Waals surface area contributed by atoms with Crippen LogP contribution in [0.5, 0.6) is 0 Å². The molecule has 5 heteroatoms. The number of carbonyl (C=O) groups excluding carboxylic acids is 2. The van der Waals surface area contributed by atoms with Crippen molar-refractivity contribution >= 4 is 23.2 Å². The Morgan fingerprint density at radius 2 is 1.61 bits per heavy atom. The molecular weight excluding hydrogens is 350 g/mol. The van der Waals surface area contributed by atoms with Gasteiger partial charge in [0.05, 0.1) is 5.92 Å². The number of rotatable bonds is 3. The second-order valence-electron chi connectivity index (χ2n) is 7.82. The van der Waals surface area contributed by atoms with Crippen LogP contribution >= 0.6 is 0 Å². The van der Waals surface area contributed by atoms with Crippen molar-refractivity contribution in [1.82, 2.24) is 4.90 Å². The number of anilines is 2. The van der Waals surface area contributed by atoms with Crippen LogP contribution in [0.4, 0.5) is 11.4 Å². The zero-order valence-corrected chi connectivity index (χ0v) is 16.6. The van der Waals surface area contributed by atoms with Crippen molar-refractivity contribution in [2.45, 2.75) is 20.3 Å². The van der Waals surface area contributed by atoms with E-state index < -0.39 is 0 Å². The third-order valence-electron chi connectivity index (χ3n) is 5.99. The molecule has 146 valence electrons. The van der Waals surface area contributed by atoms with Crippen LogP contribution in [0, 0.1) is 19.8 Å². The molecule has 28 heavy (non-hydrogen) atoms. The highest BCUT2D eigenvalue weighted by molar-refractivity contribution is 6.00. The highest BCUT2D eigenvalue weighted by Crippen LogP contribution is 2.28. The summed E-state index contributed by atoms with van der Waals surface area (Å²) in [7, 11) is 0. The molecular formula is C23H27N3O2. The van der Waals surface area contributed by atoms with Crippen LogP contribution in [0.1, 0.15) is 17.5 Å². The number of carbonyl (C=O) groups is 2. The van der Waals surface area contributed by atoms with Gasteiger partial charge in [-0.3, -0.25) is 9.59 Å². The number of para-hydroxylation sites is 1. The summed E-state index contributed by atoms with van der Waals surface area (Å²) < 4.78 is 0. The number of hydrogen-bond donors (Lipinski definition) is 0. The van der Waals surface area contributed by atoms with Gasteiger partial charge in [0, 0.05) is 50.5 Å². The van der Waals surface area contributed by atoms with Crippen LogP contribution in [0.3, 0.4) is 0 Å². The molecule has 0 N–H and O–H groups in total. The predicted molar refractivity (Wildman–Crippen MR) is 112 cm³/mol. The van der Waals surface area contributed by atoms with E-state index in [9.17, 15) is 9.59 Å². The van der Waals surface area contributed by atoms with Crippen molar-refractivity contribution in [2.24, 2.45) is 5.92 Å². The molecule has 0 spiro atoms. The van der Waals surface area contributed by atoms with Gasteiger partial charge in [0.25, 0.3) is 0 Å². The maximum absolute atomic E-state index is 13.0. The smallest absolute Gasteiger partial charge is 0.228 e. The quantitative estimate of drug-likeness (QED) is 0.826. The van der Waals surface area contributed by atoms with Gasteiger partial charge in [-0.1, -0.05) is 24.3 Å². The number of aryl methyl sites for hydroxylation is 2. The topological polar surface area (TPSA) is 43.9 Å². The summed E-state index contributed by atoms with van der Waals surface area (Å²) in [6.07, 6.45) is 0.310. The van der Waals surface area contributed by atoms with Gasteiger partial charge < -0.3 is 14.7 Å². The molecule has 5 nitrogen and oxygen atoms in total. The summed E-state index contributed by atoms with van der Waals surface area (Å²) >= 11 is 0. The van der Waals surface area contributed by atoms with E-state index in [1.54, 1.807) is 4.90 Å².